The Morgan fingerprint density at radius 2 is 1.88 bits per heavy atom. The van der Waals surface area contributed by atoms with Crippen LogP contribution in [-0.4, -0.2) is 34.7 Å². The number of nitrogens with one attached hydrogen (secondary N) is 2. The number of nitrogens with zero attached hydrogens (tertiary/aromatic N) is 2. The molecular formula is C25H22N4O4. The zero-order valence-corrected chi connectivity index (χ0v) is 18.4. The van der Waals surface area contributed by atoms with Crippen LogP contribution in [0.3, 0.4) is 0 Å². The molecule has 0 saturated heterocycles. The van der Waals surface area contributed by atoms with E-state index in [4.69, 9.17) is 9.47 Å². The summed E-state index contributed by atoms with van der Waals surface area (Å²) < 4.78 is 11.8. The van der Waals surface area contributed by atoms with Crippen molar-refractivity contribution in [3.8, 4) is 5.75 Å². The Kier molecular flexibility index (Phi) is 4.97. The molecule has 1 aliphatic rings. The number of aromatic nitrogens is 3. The number of aromatic amines is 2. The molecule has 0 bridgehead atoms. The van der Waals surface area contributed by atoms with Gasteiger partial charge in [-0.05, 0) is 36.8 Å². The molecule has 1 aliphatic heterocycles. The standard InChI is InChI=1S/C25H22N4O4/c1-14-21(24(31)33-3)22(15-8-10-17(32-2)11-9-15)29-23(30)20(28-25(29)27-14)12-16-13-26-19-7-5-4-6-18(16)19/h4-13,22,26H,1-3H3,(H,27,28)/b20-12-. The molecule has 1 unspecified atom stereocenters. The molecule has 0 fully saturated rings. The molecule has 0 aliphatic carbocycles. The fourth-order valence-electron chi connectivity index (χ4n) is 4.27. The second-order valence-corrected chi connectivity index (χ2v) is 7.75. The highest BCUT2D eigenvalue weighted by Crippen LogP contribution is 2.31. The average molecular weight is 442 g/mol. The van der Waals surface area contributed by atoms with Crippen LogP contribution in [0.25, 0.3) is 17.0 Å². The number of imidazole rings is 1. The molecule has 0 saturated carbocycles. The van der Waals surface area contributed by atoms with Gasteiger partial charge in [-0.1, -0.05) is 30.3 Å². The Hall–Kier alpha value is -4.33. The molecule has 8 heteroatoms. The average Bonchev–Trinajstić information content (AvgIpc) is 3.38. The number of allylic oxidation sites excluding steroid dienone is 1. The quantitative estimate of drug-likeness (QED) is 0.473. The third-order valence-corrected chi connectivity index (χ3v) is 5.88. The van der Waals surface area contributed by atoms with E-state index in [1.54, 1.807) is 32.2 Å². The first-order valence-electron chi connectivity index (χ1n) is 10.4. The van der Waals surface area contributed by atoms with Gasteiger partial charge in [0.15, 0.2) is 0 Å². The van der Waals surface area contributed by atoms with Crippen molar-refractivity contribution in [1.82, 2.24) is 14.5 Å². The minimum absolute atomic E-state index is 0.284. The van der Waals surface area contributed by atoms with E-state index in [0.29, 0.717) is 28.0 Å². The molecule has 8 nitrogen and oxygen atoms in total. The topological polar surface area (TPSA) is 101 Å². The van der Waals surface area contributed by atoms with Crippen molar-refractivity contribution in [2.45, 2.75) is 13.0 Å². The SMILES string of the molecule is COC(=O)C1=C(C)N=c2[nH]/c(=C\c3c[nH]c4ccccc34)c(=O)n2C1c1ccc(OC)cc1. The number of ether oxygens (including phenoxy) is 2. The number of methoxy groups -OCH3 is 2. The van der Waals surface area contributed by atoms with Crippen LogP contribution >= 0.6 is 0 Å². The number of hydrogen-bond donors (Lipinski definition) is 2. The molecule has 1 atom stereocenters. The number of H-pyrrole nitrogens is 2. The molecule has 33 heavy (non-hydrogen) atoms. The van der Waals surface area contributed by atoms with E-state index in [0.717, 1.165) is 22.0 Å². The molecule has 166 valence electrons. The summed E-state index contributed by atoms with van der Waals surface area (Å²) >= 11 is 0. The maximum Gasteiger partial charge on any atom is 0.338 e. The number of benzene rings is 2. The predicted molar refractivity (Wildman–Crippen MR) is 124 cm³/mol. The van der Waals surface area contributed by atoms with Crippen LogP contribution in [0.2, 0.25) is 0 Å². The smallest absolute Gasteiger partial charge is 0.338 e. The summed E-state index contributed by atoms with van der Waals surface area (Å²) in [6.07, 6.45) is 3.65. The maximum absolute atomic E-state index is 13.6. The van der Waals surface area contributed by atoms with Gasteiger partial charge >= 0.3 is 5.97 Å². The molecule has 0 radical (unpaired) electrons. The lowest BCUT2D eigenvalue weighted by Gasteiger charge is -2.24. The van der Waals surface area contributed by atoms with Crippen molar-refractivity contribution < 1.29 is 14.3 Å². The highest BCUT2D eigenvalue weighted by Gasteiger charge is 2.33. The maximum atomic E-state index is 13.6. The predicted octanol–water partition coefficient (Wildman–Crippen LogP) is 2.16. The van der Waals surface area contributed by atoms with Crippen molar-refractivity contribution in [1.29, 1.82) is 0 Å². The Balaban J connectivity index is 1.74. The Morgan fingerprint density at radius 3 is 2.61 bits per heavy atom. The number of fused-ring (bicyclic) bond motifs is 2. The van der Waals surface area contributed by atoms with Crippen LogP contribution < -0.4 is 21.3 Å². The van der Waals surface area contributed by atoms with Crippen LogP contribution in [0.1, 0.15) is 24.1 Å². The number of esters is 1. The van der Waals surface area contributed by atoms with Crippen molar-refractivity contribution in [2.24, 2.45) is 4.99 Å². The van der Waals surface area contributed by atoms with Crippen molar-refractivity contribution in [3.05, 3.63) is 98.4 Å². The summed E-state index contributed by atoms with van der Waals surface area (Å²) in [6, 6.07) is 14.4. The van der Waals surface area contributed by atoms with Gasteiger partial charge in [-0.15, -0.1) is 0 Å². The molecule has 5 rings (SSSR count). The summed E-state index contributed by atoms with van der Waals surface area (Å²) in [5.74, 6) is 0.146. The highest BCUT2D eigenvalue weighted by molar-refractivity contribution is 5.91. The number of carbonyl (C=O) groups is 1. The van der Waals surface area contributed by atoms with E-state index in [1.807, 2.05) is 42.6 Å². The largest absolute Gasteiger partial charge is 0.497 e. The number of para-hydroxylation sites is 1. The first kappa shape index (κ1) is 20.6. The minimum Gasteiger partial charge on any atom is -0.497 e. The second-order valence-electron chi connectivity index (χ2n) is 7.75. The van der Waals surface area contributed by atoms with Gasteiger partial charge in [0.1, 0.15) is 11.1 Å². The van der Waals surface area contributed by atoms with E-state index in [1.165, 1.54) is 11.7 Å². The summed E-state index contributed by atoms with van der Waals surface area (Å²) in [6.45, 7) is 1.74. The van der Waals surface area contributed by atoms with Crippen LogP contribution in [0.15, 0.2) is 75.8 Å². The van der Waals surface area contributed by atoms with Crippen molar-refractivity contribution >= 4 is 22.9 Å². The number of carbonyl (C=O) groups excluding carboxylic acids is 1. The van der Waals surface area contributed by atoms with Gasteiger partial charge < -0.3 is 19.4 Å². The minimum atomic E-state index is -0.690. The highest BCUT2D eigenvalue weighted by atomic mass is 16.5. The summed E-state index contributed by atoms with van der Waals surface area (Å²) in [4.78, 5) is 37.2. The fourth-order valence-corrected chi connectivity index (χ4v) is 4.27. The van der Waals surface area contributed by atoms with Crippen LogP contribution in [0, 0.1) is 0 Å². The van der Waals surface area contributed by atoms with Gasteiger partial charge in [-0.3, -0.25) is 9.36 Å². The molecular weight excluding hydrogens is 420 g/mol. The van der Waals surface area contributed by atoms with Gasteiger partial charge in [0.2, 0.25) is 5.62 Å². The first-order chi connectivity index (χ1) is 16.0. The molecule has 3 heterocycles. The van der Waals surface area contributed by atoms with Crippen LogP contribution in [-0.2, 0) is 9.53 Å². The lowest BCUT2D eigenvalue weighted by molar-refractivity contribution is -0.136. The van der Waals surface area contributed by atoms with E-state index in [-0.39, 0.29) is 5.56 Å². The monoisotopic (exact) mass is 442 g/mol. The lowest BCUT2D eigenvalue weighted by Crippen LogP contribution is -2.39. The molecule has 2 aromatic carbocycles. The Labute approximate surface area is 188 Å². The lowest BCUT2D eigenvalue weighted by atomic mass is 9.96. The van der Waals surface area contributed by atoms with Crippen LogP contribution in [0.5, 0.6) is 5.75 Å². The van der Waals surface area contributed by atoms with Gasteiger partial charge in [0.05, 0.1) is 31.5 Å². The molecule has 2 N–H and O–H groups in total. The zero-order valence-electron chi connectivity index (χ0n) is 18.4. The molecule has 2 aromatic heterocycles. The zero-order chi connectivity index (χ0) is 23.1. The Bertz CT molecular complexity index is 1590. The third kappa shape index (κ3) is 3.36. The van der Waals surface area contributed by atoms with Gasteiger partial charge in [-0.2, -0.15) is 0 Å². The first-order valence-corrected chi connectivity index (χ1v) is 10.4. The van der Waals surface area contributed by atoms with E-state index in [2.05, 4.69) is 15.0 Å². The van der Waals surface area contributed by atoms with Gasteiger partial charge in [0, 0.05) is 22.7 Å². The molecule has 4 aromatic rings. The van der Waals surface area contributed by atoms with E-state index < -0.39 is 12.0 Å². The van der Waals surface area contributed by atoms with E-state index in [9.17, 15) is 9.59 Å². The van der Waals surface area contributed by atoms with Gasteiger partial charge in [-0.25, -0.2) is 9.79 Å². The Morgan fingerprint density at radius 1 is 1.12 bits per heavy atom. The molecule has 0 amide bonds. The number of rotatable bonds is 4. The summed E-state index contributed by atoms with van der Waals surface area (Å²) in [7, 11) is 2.90. The normalized spacial score (nSPS) is 16.0. The fraction of sp³-hybridized carbons (Fsp3) is 0.160. The molecule has 0 spiro atoms. The van der Waals surface area contributed by atoms with Crippen LogP contribution in [0.4, 0.5) is 0 Å². The summed E-state index contributed by atoms with van der Waals surface area (Å²) in [5.41, 5.74) is 3.49. The third-order valence-electron chi connectivity index (χ3n) is 5.88. The summed E-state index contributed by atoms with van der Waals surface area (Å²) in [5, 5.41) is 1.37. The second kappa shape index (κ2) is 7.98. The number of hydrogen-bond acceptors (Lipinski definition) is 5. The van der Waals surface area contributed by atoms with E-state index >= 15 is 0 Å². The van der Waals surface area contributed by atoms with Crippen molar-refractivity contribution in [3.63, 3.8) is 0 Å². The van der Waals surface area contributed by atoms with Gasteiger partial charge in [0.25, 0.3) is 5.56 Å². The van der Waals surface area contributed by atoms with Crippen molar-refractivity contribution in [2.75, 3.05) is 14.2 Å².